The highest BCUT2D eigenvalue weighted by atomic mass is 16.5. The fourth-order valence-electron chi connectivity index (χ4n) is 4.13. The number of hydrogen-bond donors (Lipinski definition) is 0. The smallest absolute Gasteiger partial charge is 0.274 e. The van der Waals surface area contributed by atoms with Gasteiger partial charge in [-0.2, -0.15) is 10.2 Å². The van der Waals surface area contributed by atoms with E-state index in [-0.39, 0.29) is 11.8 Å². The zero-order chi connectivity index (χ0) is 19.8. The van der Waals surface area contributed by atoms with Crippen molar-refractivity contribution >= 4 is 17.2 Å². The van der Waals surface area contributed by atoms with Gasteiger partial charge in [-0.1, -0.05) is 0 Å². The second-order valence-electron chi connectivity index (χ2n) is 7.72. The van der Waals surface area contributed by atoms with E-state index in [9.17, 15) is 4.79 Å². The number of rotatable bonds is 3. The van der Waals surface area contributed by atoms with E-state index in [0.717, 1.165) is 62.8 Å². The van der Waals surface area contributed by atoms with E-state index in [1.54, 1.807) is 16.9 Å². The number of ether oxygens (including phenoxy) is 1. The minimum absolute atomic E-state index is 0.0198. The third kappa shape index (κ3) is 3.57. The van der Waals surface area contributed by atoms with Gasteiger partial charge < -0.3 is 14.5 Å². The monoisotopic (exact) mass is 395 g/mol. The SMILES string of the molecule is Cn1ccc(C(=O)N2CCC[C@H](c3nc4ccc(N5CCOCC5)cn4n3)C2)n1. The molecule has 2 fully saturated rings. The number of aryl methyl sites for hydroxylation is 1. The second kappa shape index (κ2) is 7.47. The Balaban J connectivity index is 1.35. The molecule has 9 nitrogen and oxygen atoms in total. The van der Waals surface area contributed by atoms with Crippen LogP contribution in [0.5, 0.6) is 0 Å². The molecule has 1 amide bonds. The fourth-order valence-corrected chi connectivity index (χ4v) is 4.13. The van der Waals surface area contributed by atoms with Crippen molar-refractivity contribution in [3.05, 3.63) is 42.1 Å². The number of likely N-dealkylation sites (tertiary alicyclic amines) is 1. The van der Waals surface area contributed by atoms with Crippen LogP contribution in [0.15, 0.2) is 30.6 Å². The van der Waals surface area contributed by atoms with E-state index in [1.807, 2.05) is 28.7 Å². The maximum atomic E-state index is 12.8. The Morgan fingerprint density at radius 3 is 2.79 bits per heavy atom. The molecule has 9 heteroatoms. The molecule has 29 heavy (non-hydrogen) atoms. The normalized spacial score (nSPS) is 20.4. The molecule has 0 N–H and O–H groups in total. The van der Waals surface area contributed by atoms with Gasteiger partial charge in [0.15, 0.2) is 11.5 Å². The van der Waals surface area contributed by atoms with E-state index in [4.69, 9.17) is 14.8 Å². The van der Waals surface area contributed by atoms with Crippen molar-refractivity contribution in [1.82, 2.24) is 29.3 Å². The van der Waals surface area contributed by atoms with Crippen molar-refractivity contribution in [1.29, 1.82) is 0 Å². The summed E-state index contributed by atoms with van der Waals surface area (Å²) in [6.45, 7) is 4.66. The quantitative estimate of drug-likeness (QED) is 0.665. The Labute approximate surface area is 168 Å². The Hall–Kier alpha value is -2.94. The number of fused-ring (bicyclic) bond motifs is 1. The van der Waals surface area contributed by atoms with Crippen LogP contribution in [0, 0.1) is 0 Å². The Bertz CT molecular complexity index is 1020. The maximum absolute atomic E-state index is 12.8. The van der Waals surface area contributed by atoms with E-state index in [2.05, 4.69) is 16.1 Å². The first-order valence-electron chi connectivity index (χ1n) is 10.2. The summed E-state index contributed by atoms with van der Waals surface area (Å²) < 4.78 is 8.96. The lowest BCUT2D eigenvalue weighted by molar-refractivity contribution is 0.0698. The summed E-state index contributed by atoms with van der Waals surface area (Å²) in [5.41, 5.74) is 2.46. The van der Waals surface area contributed by atoms with Gasteiger partial charge in [0.25, 0.3) is 5.91 Å². The van der Waals surface area contributed by atoms with Crippen molar-refractivity contribution in [3.63, 3.8) is 0 Å². The number of carbonyl (C=O) groups is 1. The number of pyridine rings is 1. The number of morpholine rings is 1. The number of amides is 1. The Morgan fingerprint density at radius 2 is 2.00 bits per heavy atom. The van der Waals surface area contributed by atoms with Crippen LogP contribution in [0.4, 0.5) is 5.69 Å². The molecule has 2 aliphatic heterocycles. The molecule has 0 aromatic carbocycles. The molecule has 3 aromatic rings. The third-order valence-electron chi connectivity index (χ3n) is 5.71. The highest BCUT2D eigenvalue weighted by Gasteiger charge is 2.29. The van der Waals surface area contributed by atoms with Crippen molar-refractivity contribution < 1.29 is 9.53 Å². The van der Waals surface area contributed by atoms with Gasteiger partial charge in [-0.3, -0.25) is 9.48 Å². The van der Waals surface area contributed by atoms with Crippen LogP contribution >= 0.6 is 0 Å². The molecule has 5 heterocycles. The second-order valence-corrected chi connectivity index (χ2v) is 7.72. The predicted molar refractivity (Wildman–Crippen MR) is 107 cm³/mol. The van der Waals surface area contributed by atoms with Gasteiger partial charge in [0.2, 0.25) is 0 Å². The molecule has 0 aliphatic carbocycles. The number of nitrogens with zero attached hydrogens (tertiary/aromatic N) is 7. The van der Waals surface area contributed by atoms with E-state index < -0.39 is 0 Å². The minimum Gasteiger partial charge on any atom is -0.378 e. The lowest BCUT2D eigenvalue weighted by Crippen LogP contribution is -2.39. The number of piperidine rings is 1. The highest BCUT2D eigenvalue weighted by Crippen LogP contribution is 2.26. The van der Waals surface area contributed by atoms with Crippen LogP contribution < -0.4 is 4.90 Å². The number of hydrogen-bond acceptors (Lipinski definition) is 6. The molecule has 0 unspecified atom stereocenters. The first-order valence-corrected chi connectivity index (χ1v) is 10.2. The van der Waals surface area contributed by atoms with E-state index >= 15 is 0 Å². The predicted octanol–water partition coefficient (Wildman–Crippen LogP) is 1.32. The third-order valence-corrected chi connectivity index (χ3v) is 5.71. The zero-order valence-electron chi connectivity index (χ0n) is 16.6. The molecular weight excluding hydrogens is 370 g/mol. The van der Waals surface area contributed by atoms with Gasteiger partial charge in [-0.15, -0.1) is 0 Å². The van der Waals surface area contributed by atoms with Crippen molar-refractivity contribution in [2.24, 2.45) is 7.05 Å². The molecule has 2 aliphatic rings. The van der Waals surface area contributed by atoms with E-state index in [1.165, 1.54) is 0 Å². The average molecular weight is 395 g/mol. The summed E-state index contributed by atoms with van der Waals surface area (Å²) in [7, 11) is 1.82. The van der Waals surface area contributed by atoms with Crippen LogP contribution in [0.1, 0.15) is 35.1 Å². The Kier molecular flexibility index (Phi) is 4.67. The Morgan fingerprint density at radius 1 is 1.14 bits per heavy atom. The first-order chi connectivity index (χ1) is 14.2. The van der Waals surface area contributed by atoms with Gasteiger partial charge in [0.1, 0.15) is 5.69 Å². The van der Waals surface area contributed by atoms with Gasteiger partial charge in [0, 0.05) is 45.3 Å². The summed E-state index contributed by atoms with van der Waals surface area (Å²) >= 11 is 0. The number of carbonyl (C=O) groups excluding carboxylic acids is 1. The highest BCUT2D eigenvalue weighted by molar-refractivity contribution is 5.92. The van der Waals surface area contributed by atoms with Crippen LogP contribution in [0.3, 0.4) is 0 Å². The van der Waals surface area contributed by atoms with Crippen LogP contribution in [0.25, 0.3) is 5.65 Å². The standard InChI is InChI=1S/C20H25N7O2/c1-24-8-6-17(22-24)20(28)26-7-2-3-15(13-26)19-21-18-5-4-16(14-27(18)23-19)25-9-11-29-12-10-25/h4-6,8,14-15H,2-3,7,9-13H2,1H3/t15-/m0/s1. The van der Waals surface area contributed by atoms with E-state index in [0.29, 0.717) is 12.2 Å². The minimum atomic E-state index is -0.0198. The summed E-state index contributed by atoms with van der Waals surface area (Å²) in [5.74, 6) is 0.930. The summed E-state index contributed by atoms with van der Waals surface area (Å²) in [6.07, 6.45) is 5.76. The number of anilines is 1. The molecule has 152 valence electrons. The summed E-state index contributed by atoms with van der Waals surface area (Å²) in [4.78, 5) is 21.7. The van der Waals surface area contributed by atoms with Gasteiger partial charge >= 0.3 is 0 Å². The molecule has 1 atom stereocenters. The molecule has 0 bridgehead atoms. The molecular formula is C20H25N7O2. The molecule has 3 aromatic heterocycles. The molecule has 5 rings (SSSR count). The molecule has 0 spiro atoms. The zero-order valence-corrected chi connectivity index (χ0v) is 16.6. The van der Waals surface area contributed by atoms with Gasteiger partial charge in [0.05, 0.1) is 25.1 Å². The number of aromatic nitrogens is 5. The topological polar surface area (TPSA) is 80.8 Å². The first kappa shape index (κ1) is 18.1. The summed E-state index contributed by atoms with van der Waals surface area (Å²) in [5, 5.41) is 9.00. The lowest BCUT2D eigenvalue weighted by atomic mass is 9.97. The largest absolute Gasteiger partial charge is 0.378 e. The molecule has 0 radical (unpaired) electrons. The maximum Gasteiger partial charge on any atom is 0.274 e. The average Bonchev–Trinajstić information content (AvgIpc) is 3.39. The van der Waals surface area contributed by atoms with Crippen LogP contribution in [-0.2, 0) is 11.8 Å². The van der Waals surface area contributed by atoms with Crippen LogP contribution in [-0.4, -0.2) is 74.6 Å². The molecule has 2 saturated heterocycles. The fraction of sp³-hybridized carbons (Fsp3) is 0.500. The summed E-state index contributed by atoms with van der Waals surface area (Å²) in [6, 6.07) is 5.88. The van der Waals surface area contributed by atoms with Crippen molar-refractivity contribution in [3.8, 4) is 0 Å². The van der Waals surface area contributed by atoms with Crippen molar-refractivity contribution in [2.75, 3.05) is 44.3 Å². The molecule has 0 saturated carbocycles. The van der Waals surface area contributed by atoms with Gasteiger partial charge in [-0.05, 0) is 31.0 Å². The van der Waals surface area contributed by atoms with Crippen LogP contribution in [0.2, 0.25) is 0 Å². The van der Waals surface area contributed by atoms with Crippen molar-refractivity contribution in [2.45, 2.75) is 18.8 Å². The lowest BCUT2D eigenvalue weighted by Gasteiger charge is -2.30. The van der Waals surface area contributed by atoms with Gasteiger partial charge in [-0.25, -0.2) is 9.50 Å².